The van der Waals surface area contributed by atoms with Crippen LogP contribution >= 0.6 is 0 Å². The topological polar surface area (TPSA) is 51.1 Å². The Morgan fingerprint density at radius 2 is 2.50 bits per heavy atom. The predicted molar refractivity (Wildman–Crippen MR) is 33.1 cm³/mol. The zero-order valence-corrected chi connectivity index (χ0v) is 5.49. The first kappa shape index (κ1) is 6.12. The predicted octanol–water partition coefficient (Wildman–Crippen LogP) is 0.352. The van der Waals surface area contributed by atoms with Crippen LogP contribution in [0.5, 0.6) is 0 Å². The molecule has 2 aliphatic heterocycles. The molecule has 4 nitrogen and oxygen atoms in total. The van der Waals surface area contributed by atoms with Crippen LogP contribution in [0.1, 0.15) is 12.8 Å². The van der Waals surface area contributed by atoms with Crippen molar-refractivity contribution >= 4 is 5.71 Å². The molecule has 2 fully saturated rings. The van der Waals surface area contributed by atoms with Crippen molar-refractivity contribution in [2.45, 2.75) is 25.2 Å². The van der Waals surface area contributed by atoms with E-state index >= 15 is 0 Å². The molecule has 1 N–H and O–H groups in total. The summed E-state index contributed by atoms with van der Waals surface area (Å²) >= 11 is 0. The highest BCUT2D eigenvalue weighted by molar-refractivity contribution is 5.88. The normalized spacial score (nSPS) is 42.6. The molecule has 0 aromatic rings. The van der Waals surface area contributed by atoms with E-state index in [-0.39, 0.29) is 12.4 Å². The average Bonchev–Trinajstić information content (AvgIpc) is 2.34. The molecule has 0 aliphatic carbocycles. The van der Waals surface area contributed by atoms with Crippen molar-refractivity contribution in [1.29, 1.82) is 0 Å². The van der Waals surface area contributed by atoms with E-state index in [1.165, 1.54) is 0 Å². The van der Waals surface area contributed by atoms with Crippen molar-refractivity contribution in [3.63, 3.8) is 0 Å². The maximum atomic E-state index is 8.44. The van der Waals surface area contributed by atoms with Gasteiger partial charge in [0, 0.05) is 0 Å². The molecule has 0 saturated carbocycles. The van der Waals surface area contributed by atoms with Gasteiger partial charge >= 0.3 is 0 Å². The maximum absolute atomic E-state index is 8.44. The van der Waals surface area contributed by atoms with Crippen LogP contribution < -0.4 is 0 Å². The standard InChI is InChI=1S/C6H9NO3/c8-7-5-2-1-4-3-9-6(5)10-4/h4,6,8H,1-3H2/b7-5+/t4-,6-/m1/s1. The molecule has 0 spiro atoms. The fourth-order valence-corrected chi connectivity index (χ4v) is 1.30. The summed E-state index contributed by atoms with van der Waals surface area (Å²) in [5.74, 6) is 0. The van der Waals surface area contributed by atoms with Gasteiger partial charge in [-0.15, -0.1) is 0 Å². The highest BCUT2D eigenvalue weighted by Crippen LogP contribution is 2.24. The van der Waals surface area contributed by atoms with Gasteiger partial charge in [0.15, 0.2) is 0 Å². The quantitative estimate of drug-likeness (QED) is 0.393. The molecule has 2 saturated heterocycles. The Balaban J connectivity index is 2.14. The van der Waals surface area contributed by atoms with Crippen molar-refractivity contribution in [3.05, 3.63) is 0 Å². The fraction of sp³-hybridized carbons (Fsp3) is 0.833. The van der Waals surface area contributed by atoms with Gasteiger partial charge in [0.25, 0.3) is 0 Å². The third-order valence-corrected chi connectivity index (χ3v) is 1.87. The van der Waals surface area contributed by atoms with E-state index in [1.54, 1.807) is 0 Å². The van der Waals surface area contributed by atoms with Crippen LogP contribution in [0.4, 0.5) is 0 Å². The third-order valence-electron chi connectivity index (χ3n) is 1.87. The van der Waals surface area contributed by atoms with Gasteiger partial charge in [-0.2, -0.15) is 0 Å². The highest BCUT2D eigenvalue weighted by Gasteiger charge is 2.35. The molecular weight excluding hydrogens is 134 g/mol. The van der Waals surface area contributed by atoms with Crippen molar-refractivity contribution < 1.29 is 14.7 Å². The molecule has 2 rings (SSSR count). The smallest absolute Gasteiger partial charge is 0.200 e. The van der Waals surface area contributed by atoms with Crippen LogP contribution in [0.15, 0.2) is 5.16 Å². The van der Waals surface area contributed by atoms with Crippen LogP contribution in [-0.2, 0) is 9.47 Å². The lowest BCUT2D eigenvalue weighted by Gasteiger charge is -2.17. The molecule has 2 aliphatic rings. The summed E-state index contributed by atoms with van der Waals surface area (Å²) in [6, 6.07) is 0. The fourth-order valence-electron chi connectivity index (χ4n) is 1.30. The Hall–Kier alpha value is -0.610. The average molecular weight is 143 g/mol. The molecule has 2 atom stereocenters. The molecule has 0 aromatic heterocycles. The van der Waals surface area contributed by atoms with Crippen molar-refractivity contribution in [2.75, 3.05) is 6.61 Å². The van der Waals surface area contributed by atoms with Gasteiger partial charge in [-0.1, -0.05) is 5.16 Å². The van der Waals surface area contributed by atoms with Crippen molar-refractivity contribution in [3.8, 4) is 0 Å². The van der Waals surface area contributed by atoms with Gasteiger partial charge in [-0.3, -0.25) is 0 Å². The zero-order valence-electron chi connectivity index (χ0n) is 5.49. The van der Waals surface area contributed by atoms with E-state index in [4.69, 9.17) is 14.7 Å². The van der Waals surface area contributed by atoms with E-state index in [0.717, 1.165) is 12.8 Å². The lowest BCUT2D eigenvalue weighted by Crippen LogP contribution is -2.28. The molecule has 10 heavy (non-hydrogen) atoms. The van der Waals surface area contributed by atoms with E-state index in [1.807, 2.05) is 0 Å². The Bertz CT molecular complexity index is 168. The molecule has 0 aromatic carbocycles. The molecule has 0 unspecified atom stereocenters. The molecular formula is C6H9NO3. The van der Waals surface area contributed by atoms with Gasteiger partial charge in [-0.25, -0.2) is 0 Å². The van der Waals surface area contributed by atoms with Crippen LogP contribution in [0.2, 0.25) is 0 Å². The maximum Gasteiger partial charge on any atom is 0.200 e. The SMILES string of the molecule is O/N=C1\CC[C@@H]2CO[C@@H]1O2. The van der Waals surface area contributed by atoms with Crippen LogP contribution in [-0.4, -0.2) is 29.9 Å². The lowest BCUT2D eigenvalue weighted by atomic mass is 10.1. The highest BCUT2D eigenvalue weighted by atomic mass is 16.7. The van der Waals surface area contributed by atoms with Crippen LogP contribution in [0, 0.1) is 0 Å². The molecule has 0 amide bonds. The minimum Gasteiger partial charge on any atom is -0.411 e. The zero-order chi connectivity index (χ0) is 6.97. The third kappa shape index (κ3) is 0.803. The Morgan fingerprint density at radius 1 is 1.60 bits per heavy atom. The van der Waals surface area contributed by atoms with Crippen molar-refractivity contribution in [2.24, 2.45) is 5.16 Å². The van der Waals surface area contributed by atoms with Gasteiger partial charge in [0.1, 0.15) is 5.71 Å². The number of ether oxygens (including phenoxy) is 2. The summed E-state index contributed by atoms with van der Waals surface area (Å²) < 4.78 is 10.5. The molecule has 0 radical (unpaired) electrons. The second-order valence-electron chi connectivity index (χ2n) is 2.55. The number of fused-ring (bicyclic) bond motifs is 2. The summed E-state index contributed by atoms with van der Waals surface area (Å²) in [7, 11) is 0. The molecule has 4 heteroatoms. The summed E-state index contributed by atoms with van der Waals surface area (Å²) in [4.78, 5) is 0. The Kier molecular flexibility index (Phi) is 1.35. The number of rotatable bonds is 0. The van der Waals surface area contributed by atoms with E-state index < -0.39 is 0 Å². The number of oxime groups is 1. The van der Waals surface area contributed by atoms with Gasteiger partial charge in [0.2, 0.25) is 6.29 Å². The van der Waals surface area contributed by atoms with E-state index in [9.17, 15) is 0 Å². The first-order valence-electron chi connectivity index (χ1n) is 3.38. The first-order chi connectivity index (χ1) is 4.90. The monoisotopic (exact) mass is 143 g/mol. The van der Waals surface area contributed by atoms with Gasteiger partial charge < -0.3 is 14.7 Å². The first-order valence-corrected chi connectivity index (χ1v) is 3.38. The van der Waals surface area contributed by atoms with Crippen molar-refractivity contribution in [1.82, 2.24) is 0 Å². The second-order valence-corrected chi connectivity index (χ2v) is 2.55. The number of hydrogen-bond donors (Lipinski definition) is 1. The second kappa shape index (κ2) is 2.21. The summed E-state index contributed by atoms with van der Waals surface area (Å²) in [6.45, 7) is 0.643. The van der Waals surface area contributed by atoms with Crippen LogP contribution in [0.3, 0.4) is 0 Å². The van der Waals surface area contributed by atoms with Gasteiger partial charge in [0.05, 0.1) is 12.7 Å². The van der Waals surface area contributed by atoms with E-state index in [0.29, 0.717) is 12.3 Å². The number of hydrogen-bond acceptors (Lipinski definition) is 4. The minimum absolute atomic E-state index is 0.232. The molecule has 2 bridgehead atoms. The molecule has 2 heterocycles. The summed E-state index contributed by atoms with van der Waals surface area (Å²) in [5.41, 5.74) is 0.619. The Morgan fingerprint density at radius 3 is 3.30 bits per heavy atom. The lowest BCUT2D eigenvalue weighted by molar-refractivity contribution is -0.0186. The Labute approximate surface area is 58.4 Å². The molecule has 56 valence electrons. The van der Waals surface area contributed by atoms with E-state index in [2.05, 4.69) is 5.16 Å². The number of nitrogens with zero attached hydrogens (tertiary/aromatic N) is 1. The largest absolute Gasteiger partial charge is 0.411 e. The summed E-state index contributed by atoms with van der Waals surface area (Å²) in [6.07, 6.45) is 1.58. The van der Waals surface area contributed by atoms with Gasteiger partial charge in [-0.05, 0) is 12.8 Å². The minimum atomic E-state index is -0.358. The van der Waals surface area contributed by atoms with Crippen LogP contribution in [0.25, 0.3) is 0 Å². The summed E-state index contributed by atoms with van der Waals surface area (Å²) in [5, 5.41) is 11.5.